The van der Waals surface area contributed by atoms with Crippen LogP contribution >= 0.6 is 11.3 Å². The Labute approximate surface area is 176 Å². The zero-order valence-corrected chi connectivity index (χ0v) is 18.0. The number of aromatic nitrogens is 1. The first-order valence-electron chi connectivity index (χ1n) is 10.5. The number of likely N-dealkylation sites (N-methyl/N-ethyl adjacent to an activating group) is 1. The van der Waals surface area contributed by atoms with Gasteiger partial charge in [-0.05, 0) is 36.5 Å². The second-order valence-corrected chi connectivity index (χ2v) is 8.73. The molecule has 2 atom stereocenters. The van der Waals surface area contributed by atoms with Gasteiger partial charge in [-0.2, -0.15) is 0 Å². The van der Waals surface area contributed by atoms with Gasteiger partial charge in [0.1, 0.15) is 0 Å². The fourth-order valence-corrected chi connectivity index (χ4v) is 5.02. The van der Waals surface area contributed by atoms with Crippen LogP contribution in [-0.4, -0.2) is 66.0 Å². The van der Waals surface area contributed by atoms with Crippen LogP contribution in [0.3, 0.4) is 0 Å². The number of amides is 1. The van der Waals surface area contributed by atoms with Crippen molar-refractivity contribution in [3.63, 3.8) is 0 Å². The number of fused-ring (bicyclic) bond motifs is 1. The first-order chi connectivity index (χ1) is 14.2. The first-order valence-corrected chi connectivity index (χ1v) is 11.4. The minimum atomic E-state index is -0.184. The summed E-state index contributed by atoms with van der Waals surface area (Å²) in [6.07, 6.45) is 2.12. The molecule has 1 aromatic carbocycles. The lowest BCUT2D eigenvalue weighted by Gasteiger charge is -2.35. The van der Waals surface area contributed by atoms with Crippen LogP contribution in [0.4, 0.5) is 0 Å². The molecule has 154 valence electrons. The molecule has 0 radical (unpaired) electrons. The monoisotopic (exact) mass is 410 g/mol. The SMILES string of the molecule is CCN1CCN(C(=O)[C@H](C)NC[C@@H](c2cccs2)c2c[nH]c3ccccc23)CC1. The van der Waals surface area contributed by atoms with Crippen LogP contribution in [-0.2, 0) is 4.79 Å². The molecule has 1 aliphatic heterocycles. The van der Waals surface area contributed by atoms with Crippen molar-refractivity contribution in [2.45, 2.75) is 25.8 Å². The molecule has 0 saturated carbocycles. The van der Waals surface area contributed by atoms with Crippen LogP contribution in [0.1, 0.15) is 30.2 Å². The molecule has 29 heavy (non-hydrogen) atoms. The maximum Gasteiger partial charge on any atom is 0.239 e. The summed E-state index contributed by atoms with van der Waals surface area (Å²) in [4.78, 5) is 22.1. The summed E-state index contributed by atoms with van der Waals surface area (Å²) >= 11 is 1.77. The molecule has 2 N–H and O–H groups in total. The summed E-state index contributed by atoms with van der Waals surface area (Å²) in [6.45, 7) is 9.58. The molecule has 1 aliphatic rings. The third-order valence-electron chi connectivity index (χ3n) is 6.01. The highest BCUT2D eigenvalue weighted by atomic mass is 32.1. The van der Waals surface area contributed by atoms with E-state index < -0.39 is 0 Å². The fraction of sp³-hybridized carbons (Fsp3) is 0.435. The largest absolute Gasteiger partial charge is 0.361 e. The summed E-state index contributed by atoms with van der Waals surface area (Å²) < 4.78 is 0. The van der Waals surface area contributed by atoms with Gasteiger partial charge in [-0.25, -0.2) is 0 Å². The van der Waals surface area contributed by atoms with E-state index in [1.807, 2.05) is 11.8 Å². The molecule has 3 aromatic rings. The predicted octanol–water partition coefficient (Wildman–Crippen LogP) is 3.50. The van der Waals surface area contributed by atoms with E-state index in [1.54, 1.807) is 11.3 Å². The third-order valence-corrected chi connectivity index (χ3v) is 7.00. The van der Waals surface area contributed by atoms with E-state index in [4.69, 9.17) is 0 Å². The maximum atomic E-state index is 12.9. The Morgan fingerprint density at radius 3 is 2.69 bits per heavy atom. The van der Waals surface area contributed by atoms with Crippen molar-refractivity contribution in [3.8, 4) is 0 Å². The van der Waals surface area contributed by atoms with Crippen molar-refractivity contribution in [2.75, 3.05) is 39.3 Å². The Balaban J connectivity index is 1.46. The van der Waals surface area contributed by atoms with Gasteiger partial charge in [0.05, 0.1) is 6.04 Å². The van der Waals surface area contributed by atoms with Gasteiger partial charge >= 0.3 is 0 Å². The molecule has 4 rings (SSSR count). The van der Waals surface area contributed by atoms with Crippen LogP contribution in [0, 0.1) is 0 Å². The molecule has 5 nitrogen and oxygen atoms in total. The standard InChI is InChI=1S/C23H30N4OS/c1-3-26-10-12-27(13-11-26)23(28)17(2)24-16-20(22-9-6-14-29-22)19-15-25-21-8-5-4-7-18(19)21/h4-9,14-15,17,20,24-25H,3,10-13,16H2,1-2H3/t17-,20+/m0/s1. The molecule has 2 aromatic heterocycles. The molecule has 0 bridgehead atoms. The number of hydrogen-bond acceptors (Lipinski definition) is 4. The minimum Gasteiger partial charge on any atom is -0.361 e. The first kappa shape index (κ1) is 20.1. The summed E-state index contributed by atoms with van der Waals surface area (Å²) in [5.41, 5.74) is 2.44. The number of rotatable bonds is 7. The number of hydrogen-bond donors (Lipinski definition) is 2. The minimum absolute atomic E-state index is 0.184. The Morgan fingerprint density at radius 2 is 1.97 bits per heavy atom. The fourth-order valence-electron chi connectivity index (χ4n) is 4.18. The quantitative estimate of drug-likeness (QED) is 0.627. The number of thiophene rings is 1. The van der Waals surface area contributed by atoms with E-state index in [1.165, 1.54) is 15.8 Å². The van der Waals surface area contributed by atoms with E-state index in [0.717, 1.165) is 44.8 Å². The van der Waals surface area contributed by atoms with Gasteiger partial charge in [-0.1, -0.05) is 31.2 Å². The average Bonchev–Trinajstić information content (AvgIpc) is 3.44. The average molecular weight is 411 g/mol. The van der Waals surface area contributed by atoms with Crippen molar-refractivity contribution < 1.29 is 4.79 Å². The number of para-hydroxylation sites is 1. The van der Waals surface area contributed by atoms with Crippen LogP contribution in [0.5, 0.6) is 0 Å². The summed E-state index contributed by atoms with van der Waals surface area (Å²) in [7, 11) is 0. The van der Waals surface area contributed by atoms with Crippen molar-refractivity contribution in [2.24, 2.45) is 0 Å². The molecule has 1 saturated heterocycles. The Bertz CT molecular complexity index is 927. The van der Waals surface area contributed by atoms with Crippen molar-refractivity contribution in [3.05, 3.63) is 58.4 Å². The number of carbonyl (C=O) groups is 1. The number of carbonyl (C=O) groups excluding carboxylic acids is 1. The van der Waals surface area contributed by atoms with E-state index in [2.05, 4.69) is 70.1 Å². The molecule has 0 spiro atoms. The molecule has 3 heterocycles. The number of aromatic amines is 1. The number of nitrogens with one attached hydrogen (secondary N) is 2. The van der Waals surface area contributed by atoms with Crippen molar-refractivity contribution in [1.29, 1.82) is 0 Å². The van der Waals surface area contributed by atoms with E-state index in [9.17, 15) is 4.79 Å². The number of benzene rings is 1. The molecule has 1 amide bonds. The highest BCUT2D eigenvalue weighted by Gasteiger charge is 2.26. The Kier molecular flexibility index (Phi) is 6.33. The van der Waals surface area contributed by atoms with Gasteiger partial charge in [0.2, 0.25) is 5.91 Å². The molecular weight excluding hydrogens is 380 g/mol. The summed E-state index contributed by atoms with van der Waals surface area (Å²) in [5, 5.41) is 6.91. The van der Waals surface area contributed by atoms with E-state index in [0.29, 0.717) is 0 Å². The van der Waals surface area contributed by atoms with Gasteiger partial charge in [-0.15, -0.1) is 11.3 Å². The molecule has 6 heteroatoms. The van der Waals surface area contributed by atoms with Gasteiger partial charge in [0.25, 0.3) is 0 Å². The molecule has 0 aliphatic carbocycles. The number of piperazine rings is 1. The molecule has 0 unspecified atom stereocenters. The predicted molar refractivity (Wildman–Crippen MR) is 121 cm³/mol. The van der Waals surface area contributed by atoms with Gasteiger partial charge in [0.15, 0.2) is 0 Å². The maximum absolute atomic E-state index is 12.9. The van der Waals surface area contributed by atoms with Gasteiger partial charge in [-0.3, -0.25) is 4.79 Å². The van der Waals surface area contributed by atoms with Gasteiger partial charge < -0.3 is 20.1 Å². The highest BCUT2D eigenvalue weighted by molar-refractivity contribution is 7.10. The lowest BCUT2D eigenvalue weighted by Crippen LogP contribution is -2.53. The van der Waals surface area contributed by atoms with E-state index >= 15 is 0 Å². The lowest BCUT2D eigenvalue weighted by molar-refractivity contribution is -0.134. The van der Waals surface area contributed by atoms with E-state index in [-0.39, 0.29) is 17.9 Å². The van der Waals surface area contributed by atoms with Crippen LogP contribution in [0.2, 0.25) is 0 Å². The number of H-pyrrole nitrogens is 1. The van der Waals surface area contributed by atoms with Crippen molar-refractivity contribution >= 4 is 28.1 Å². The molecule has 1 fully saturated rings. The lowest BCUT2D eigenvalue weighted by atomic mass is 9.96. The number of nitrogens with zero attached hydrogens (tertiary/aromatic N) is 2. The summed E-state index contributed by atoms with van der Waals surface area (Å²) in [6, 6.07) is 12.5. The van der Waals surface area contributed by atoms with Crippen LogP contribution < -0.4 is 5.32 Å². The topological polar surface area (TPSA) is 51.4 Å². The smallest absolute Gasteiger partial charge is 0.239 e. The Hall–Kier alpha value is -2.15. The third kappa shape index (κ3) is 4.39. The summed E-state index contributed by atoms with van der Waals surface area (Å²) in [5.74, 6) is 0.433. The van der Waals surface area contributed by atoms with Crippen LogP contribution in [0.15, 0.2) is 48.0 Å². The zero-order valence-electron chi connectivity index (χ0n) is 17.2. The normalized spacial score (nSPS) is 17.5. The molecular formula is C23H30N4OS. The second kappa shape index (κ2) is 9.11. The van der Waals surface area contributed by atoms with Crippen LogP contribution in [0.25, 0.3) is 10.9 Å². The van der Waals surface area contributed by atoms with Crippen molar-refractivity contribution in [1.82, 2.24) is 20.1 Å². The Morgan fingerprint density at radius 1 is 1.17 bits per heavy atom. The zero-order chi connectivity index (χ0) is 20.2. The van der Waals surface area contributed by atoms with Gasteiger partial charge in [0, 0.05) is 60.6 Å². The highest BCUT2D eigenvalue weighted by Crippen LogP contribution is 2.32. The second-order valence-electron chi connectivity index (χ2n) is 7.75.